The third-order valence-electron chi connectivity index (χ3n) is 7.24. The van der Waals surface area contributed by atoms with Gasteiger partial charge in [-0.05, 0) is 61.1 Å². The summed E-state index contributed by atoms with van der Waals surface area (Å²) in [5, 5.41) is 15.9. The van der Waals surface area contributed by atoms with Crippen LogP contribution in [-0.4, -0.2) is 53.3 Å². The molecule has 2 aliphatic heterocycles. The van der Waals surface area contributed by atoms with Crippen molar-refractivity contribution in [3.05, 3.63) is 78.0 Å². The van der Waals surface area contributed by atoms with Crippen LogP contribution in [0.15, 0.2) is 66.9 Å². The maximum absolute atomic E-state index is 11.2. The molecule has 33 heavy (non-hydrogen) atoms. The first kappa shape index (κ1) is 22.1. The van der Waals surface area contributed by atoms with Gasteiger partial charge < -0.3 is 15.2 Å². The number of ether oxygens (including phenoxy) is 1. The minimum atomic E-state index is -0.538. The molecule has 5 nitrogen and oxygen atoms in total. The number of fused-ring (bicyclic) bond motifs is 3. The van der Waals surface area contributed by atoms with Gasteiger partial charge in [-0.15, -0.1) is 0 Å². The van der Waals surface area contributed by atoms with Gasteiger partial charge in [0, 0.05) is 42.8 Å². The predicted octanol–water partition coefficient (Wildman–Crippen LogP) is 4.58. The Balaban J connectivity index is 1.20. The van der Waals surface area contributed by atoms with Crippen molar-refractivity contribution in [3.8, 4) is 5.75 Å². The lowest BCUT2D eigenvalue weighted by molar-refractivity contribution is 0.0529. The third-order valence-corrected chi connectivity index (χ3v) is 7.24. The molecule has 2 fully saturated rings. The number of nitrogens with one attached hydrogen (secondary N) is 1. The minimum Gasteiger partial charge on any atom is -0.497 e. The highest BCUT2D eigenvalue weighted by molar-refractivity contribution is 5.83. The highest BCUT2D eigenvalue weighted by Gasteiger charge is 2.41. The standard InChI is InChI=1S/C28H33N3O2/c1-33-24-11-12-27-26(18-24)25(13-15-30-27)28(32)19-31-22-9-10-23(31)17-21(16-22)29-14-5-8-20-6-3-2-4-7-20/h2-8,11-13,15,18,21-23,28-29,32H,9-10,14,16-17,19H2,1H3/b8-5+. The fourth-order valence-corrected chi connectivity index (χ4v) is 5.59. The van der Waals surface area contributed by atoms with E-state index < -0.39 is 6.10 Å². The van der Waals surface area contributed by atoms with E-state index in [0.717, 1.165) is 41.6 Å². The SMILES string of the molecule is COc1ccc2nccc(C(O)CN3C4CCC3CC(NC/C=C/c3ccccc3)C4)c2c1. The molecule has 2 N–H and O–H groups in total. The topological polar surface area (TPSA) is 57.6 Å². The minimum absolute atomic E-state index is 0.538. The summed E-state index contributed by atoms with van der Waals surface area (Å²) in [7, 11) is 1.67. The van der Waals surface area contributed by atoms with Crippen molar-refractivity contribution in [2.75, 3.05) is 20.2 Å². The highest BCUT2D eigenvalue weighted by Crippen LogP contribution is 2.37. The number of hydrogen-bond donors (Lipinski definition) is 2. The molecule has 3 aromatic rings. The quantitative estimate of drug-likeness (QED) is 0.534. The van der Waals surface area contributed by atoms with Crippen LogP contribution >= 0.6 is 0 Å². The summed E-state index contributed by atoms with van der Waals surface area (Å²) in [5.74, 6) is 0.789. The van der Waals surface area contributed by atoms with Crippen LogP contribution in [0.5, 0.6) is 5.75 Å². The number of aliphatic hydroxyl groups is 1. The van der Waals surface area contributed by atoms with Crippen molar-refractivity contribution in [2.24, 2.45) is 0 Å². The summed E-state index contributed by atoms with van der Waals surface area (Å²) >= 11 is 0. The number of nitrogens with zero attached hydrogens (tertiary/aromatic N) is 2. The monoisotopic (exact) mass is 443 g/mol. The molecular formula is C28H33N3O2. The molecule has 0 radical (unpaired) electrons. The fourth-order valence-electron chi connectivity index (χ4n) is 5.59. The molecule has 2 aromatic carbocycles. The molecule has 172 valence electrons. The molecule has 0 amide bonds. The fraction of sp³-hybridized carbons (Fsp3) is 0.393. The molecule has 0 spiro atoms. The van der Waals surface area contributed by atoms with Crippen LogP contribution in [0, 0.1) is 0 Å². The van der Waals surface area contributed by atoms with Crippen molar-refractivity contribution in [1.29, 1.82) is 0 Å². The molecule has 3 unspecified atom stereocenters. The van der Waals surface area contributed by atoms with E-state index in [1.807, 2.05) is 30.3 Å². The van der Waals surface area contributed by atoms with Gasteiger partial charge in [0.15, 0.2) is 0 Å². The molecule has 0 saturated carbocycles. The van der Waals surface area contributed by atoms with Gasteiger partial charge in [0.1, 0.15) is 5.75 Å². The van der Waals surface area contributed by atoms with E-state index in [1.165, 1.54) is 18.4 Å². The highest BCUT2D eigenvalue weighted by atomic mass is 16.5. The molecule has 3 atom stereocenters. The average Bonchev–Trinajstić information content (AvgIpc) is 3.08. The van der Waals surface area contributed by atoms with Crippen molar-refractivity contribution in [2.45, 2.75) is 49.9 Å². The molecule has 0 aliphatic carbocycles. The van der Waals surface area contributed by atoms with Crippen molar-refractivity contribution >= 4 is 17.0 Å². The molecule has 5 rings (SSSR count). The Bertz CT molecular complexity index is 1090. The Morgan fingerprint density at radius 3 is 2.67 bits per heavy atom. The number of benzene rings is 2. The summed E-state index contributed by atoms with van der Waals surface area (Å²) in [5.41, 5.74) is 3.07. The van der Waals surface area contributed by atoms with Gasteiger partial charge in [0.05, 0.1) is 18.7 Å². The summed E-state index contributed by atoms with van der Waals surface area (Å²) in [6.45, 7) is 1.57. The van der Waals surface area contributed by atoms with E-state index in [9.17, 15) is 5.11 Å². The number of aliphatic hydroxyl groups excluding tert-OH is 1. The van der Waals surface area contributed by atoms with Crippen LogP contribution in [0.25, 0.3) is 17.0 Å². The molecule has 5 heteroatoms. The van der Waals surface area contributed by atoms with E-state index in [0.29, 0.717) is 24.7 Å². The normalized spacial score (nSPS) is 23.9. The number of methoxy groups -OCH3 is 1. The zero-order chi connectivity index (χ0) is 22.6. The lowest BCUT2D eigenvalue weighted by atomic mass is 9.95. The average molecular weight is 444 g/mol. The lowest BCUT2D eigenvalue weighted by Crippen LogP contribution is -2.50. The summed E-state index contributed by atoms with van der Waals surface area (Å²) in [6, 6.07) is 19.9. The number of aromatic nitrogens is 1. The van der Waals surface area contributed by atoms with Gasteiger partial charge in [-0.3, -0.25) is 9.88 Å². The zero-order valence-corrected chi connectivity index (χ0v) is 19.2. The second kappa shape index (κ2) is 10.0. The van der Waals surface area contributed by atoms with Crippen molar-refractivity contribution in [3.63, 3.8) is 0 Å². The van der Waals surface area contributed by atoms with Gasteiger partial charge >= 0.3 is 0 Å². The van der Waals surface area contributed by atoms with E-state index in [4.69, 9.17) is 4.74 Å². The van der Waals surface area contributed by atoms with Crippen LogP contribution in [-0.2, 0) is 0 Å². The predicted molar refractivity (Wildman–Crippen MR) is 133 cm³/mol. The molecule has 2 bridgehead atoms. The van der Waals surface area contributed by atoms with E-state index in [1.54, 1.807) is 13.3 Å². The largest absolute Gasteiger partial charge is 0.497 e. The molecule has 3 heterocycles. The second-order valence-corrected chi connectivity index (χ2v) is 9.27. The number of piperidine rings is 1. The van der Waals surface area contributed by atoms with Crippen LogP contribution in [0.1, 0.15) is 42.9 Å². The first-order valence-corrected chi connectivity index (χ1v) is 12.0. The van der Waals surface area contributed by atoms with Gasteiger partial charge in [-0.1, -0.05) is 42.5 Å². The van der Waals surface area contributed by atoms with Crippen molar-refractivity contribution in [1.82, 2.24) is 15.2 Å². The van der Waals surface area contributed by atoms with Gasteiger partial charge in [-0.25, -0.2) is 0 Å². The van der Waals surface area contributed by atoms with E-state index >= 15 is 0 Å². The third kappa shape index (κ3) is 4.96. The maximum Gasteiger partial charge on any atom is 0.119 e. The van der Waals surface area contributed by atoms with E-state index in [-0.39, 0.29) is 0 Å². The second-order valence-electron chi connectivity index (χ2n) is 9.27. The Morgan fingerprint density at radius 1 is 1.12 bits per heavy atom. The smallest absolute Gasteiger partial charge is 0.119 e. The van der Waals surface area contributed by atoms with E-state index in [2.05, 4.69) is 51.6 Å². The molecule has 1 aromatic heterocycles. The summed E-state index contributed by atoms with van der Waals surface area (Å²) < 4.78 is 5.40. The number of rotatable bonds is 8. The Kier molecular flexibility index (Phi) is 6.72. The van der Waals surface area contributed by atoms with Crippen LogP contribution in [0.4, 0.5) is 0 Å². The molecular weight excluding hydrogens is 410 g/mol. The Labute approximate surface area is 196 Å². The first-order valence-electron chi connectivity index (χ1n) is 12.0. The zero-order valence-electron chi connectivity index (χ0n) is 19.2. The molecule has 2 aliphatic rings. The van der Waals surface area contributed by atoms with Crippen molar-refractivity contribution < 1.29 is 9.84 Å². The maximum atomic E-state index is 11.2. The molecule has 2 saturated heterocycles. The van der Waals surface area contributed by atoms with Crippen LogP contribution in [0.2, 0.25) is 0 Å². The summed E-state index contributed by atoms with van der Waals surface area (Å²) in [6.07, 6.45) is 10.4. The summed E-state index contributed by atoms with van der Waals surface area (Å²) in [4.78, 5) is 7.01. The Hall–Kier alpha value is -2.73. The van der Waals surface area contributed by atoms with Crippen LogP contribution < -0.4 is 10.1 Å². The van der Waals surface area contributed by atoms with Gasteiger partial charge in [0.25, 0.3) is 0 Å². The van der Waals surface area contributed by atoms with Gasteiger partial charge in [-0.2, -0.15) is 0 Å². The Morgan fingerprint density at radius 2 is 1.91 bits per heavy atom. The number of pyridine rings is 1. The number of hydrogen-bond acceptors (Lipinski definition) is 5. The first-order chi connectivity index (χ1) is 16.2. The van der Waals surface area contributed by atoms with Crippen LogP contribution in [0.3, 0.4) is 0 Å². The van der Waals surface area contributed by atoms with Gasteiger partial charge in [0.2, 0.25) is 0 Å². The lowest BCUT2D eigenvalue weighted by Gasteiger charge is -2.40.